The molecule has 1 aromatic carbocycles. The molecule has 0 radical (unpaired) electrons. The molecule has 6 heteroatoms. The van der Waals surface area contributed by atoms with Gasteiger partial charge in [-0.25, -0.2) is 8.42 Å². The van der Waals surface area contributed by atoms with Gasteiger partial charge in [0.05, 0.1) is 11.9 Å². The molecular formula is C18H28N2O3S. The molecule has 0 bridgehead atoms. The summed E-state index contributed by atoms with van der Waals surface area (Å²) in [4.78, 5) is 14.7. The summed E-state index contributed by atoms with van der Waals surface area (Å²) in [6, 6.07) is 5.83. The van der Waals surface area contributed by atoms with Gasteiger partial charge in [0.2, 0.25) is 15.9 Å². The first kappa shape index (κ1) is 18.8. The molecule has 24 heavy (non-hydrogen) atoms. The molecule has 1 aliphatic heterocycles. The number of rotatable bonds is 5. The van der Waals surface area contributed by atoms with E-state index in [0.29, 0.717) is 5.69 Å². The normalized spacial score (nSPS) is 18.5. The van der Waals surface area contributed by atoms with Gasteiger partial charge in [0.1, 0.15) is 6.54 Å². The Labute approximate surface area is 145 Å². The smallest absolute Gasteiger partial charge is 0.243 e. The van der Waals surface area contributed by atoms with E-state index in [4.69, 9.17) is 0 Å². The first-order chi connectivity index (χ1) is 11.2. The Kier molecular flexibility index (Phi) is 5.91. The second kappa shape index (κ2) is 7.55. The third kappa shape index (κ3) is 4.29. The van der Waals surface area contributed by atoms with Gasteiger partial charge in [0.15, 0.2) is 0 Å². The number of hydrogen-bond acceptors (Lipinski definition) is 3. The lowest BCUT2D eigenvalue weighted by atomic mass is 10.00. The number of nitrogens with zero attached hydrogens (tertiary/aromatic N) is 2. The van der Waals surface area contributed by atoms with Crippen molar-refractivity contribution >= 4 is 21.6 Å². The van der Waals surface area contributed by atoms with Crippen molar-refractivity contribution in [3.63, 3.8) is 0 Å². The van der Waals surface area contributed by atoms with E-state index in [-0.39, 0.29) is 18.5 Å². The molecule has 0 spiro atoms. The first-order valence-electron chi connectivity index (χ1n) is 8.58. The molecule has 1 fully saturated rings. The molecule has 1 amide bonds. The second-order valence-electron chi connectivity index (χ2n) is 6.70. The number of sulfonamides is 1. The Bertz CT molecular complexity index is 700. The number of hydrogen-bond donors (Lipinski definition) is 0. The third-order valence-corrected chi connectivity index (χ3v) is 5.85. The zero-order valence-electron chi connectivity index (χ0n) is 15.1. The summed E-state index contributed by atoms with van der Waals surface area (Å²) in [7, 11) is -3.53. The molecule has 0 saturated carbocycles. The Morgan fingerprint density at radius 3 is 2.58 bits per heavy atom. The fourth-order valence-electron chi connectivity index (χ4n) is 3.43. The summed E-state index contributed by atoms with van der Waals surface area (Å²) in [6.45, 7) is 6.52. The van der Waals surface area contributed by atoms with Crippen LogP contribution in [0, 0.1) is 13.8 Å². The van der Waals surface area contributed by atoms with Crippen LogP contribution in [-0.2, 0) is 14.8 Å². The van der Waals surface area contributed by atoms with Gasteiger partial charge in [-0.15, -0.1) is 0 Å². The number of carbonyl (C=O) groups is 1. The Balaban J connectivity index is 2.28. The monoisotopic (exact) mass is 352 g/mol. The molecule has 0 aromatic heterocycles. The van der Waals surface area contributed by atoms with E-state index in [2.05, 4.69) is 6.92 Å². The number of carbonyl (C=O) groups excluding carboxylic acids is 1. The maximum atomic E-state index is 12.8. The minimum absolute atomic E-state index is 0.105. The fourth-order valence-corrected chi connectivity index (χ4v) is 4.34. The summed E-state index contributed by atoms with van der Waals surface area (Å²) in [5, 5.41) is 0. The number of piperidine rings is 1. The van der Waals surface area contributed by atoms with Crippen molar-refractivity contribution in [2.45, 2.75) is 52.5 Å². The van der Waals surface area contributed by atoms with Crippen LogP contribution in [0.25, 0.3) is 0 Å². The Morgan fingerprint density at radius 2 is 2.00 bits per heavy atom. The van der Waals surface area contributed by atoms with Crippen LogP contribution in [0.1, 0.15) is 43.7 Å². The van der Waals surface area contributed by atoms with Gasteiger partial charge >= 0.3 is 0 Å². The third-order valence-electron chi connectivity index (χ3n) is 4.72. The lowest BCUT2D eigenvalue weighted by Crippen LogP contribution is -2.49. The molecular weight excluding hydrogens is 324 g/mol. The highest BCUT2D eigenvalue weighted by Crippen LogP contribution is 2.25. The van der Waals surface area contributed by atoms with Gasteiger partial charge < -0.3 is 4.90 Å². The second-order valence-corrected chi connectivity index (χ2v) is 8.61. The van der Waals surface area contributed by atoms with Crippen LogP contribution in [-0.4, -0.2) is 44.6 Å². The summed E-state index contributed by atoms with van der Waals surface area (Å²) in [5.41, 5.74) is 2.51. The molecule has 5 nitrogen and oxygen atoms in total. The molecule has 2 rings (SSSR count). The average Bonchev–Trinajstić information content (AvgIpc) is 2.52. The first-order valence-corrected chi connectivity index (χ1v) is 10.4. The lowest BCUT2D eigenvalue weighted by molar-refractivity contribution is -0.133. The average molecular weight is 353 g/mol. The highest BCUT2D eigenvalue weighted by atomic mass is 32.2. The van der Waals surface area contributed by atoms with Crippen LogP contribution in [0.5, 0.6) is 0 Å². The molecule has 0 N–H and O–H groups in total. The summed E-state index contributed by atoms with van der Waals surface area (Å²) in [6.07, 6.45) is 5.20. The van der Waals surface area contributed by atoms with E-state index >= 15 is 0 Å². The predicted octanol–water partition coefficient (Wildman–Crippen LogP) is 2.86. The van der Waals surface area contributed by atoms with Crippen LogP contribution >= 0.6 is 0 Å². The van der Waals surface area contributed by atoms with Gasteiger partial charge in [0.25, 0.3) is 0 Å². The van der Waals surface area contributed by atoms with Crippen molar-refractivity contribution in [3.05, 3.63) is 29.3 Å². The van der Waals surface area contributed by atoms with Crippen molar-refractivity contribution in [2.24, 2.45) is 0 Å². The quantitative estimate of drug-likeness (QED) is 0.819. The largest absolute Gasteiger partial charge is 0.338 e. The van der Waals surface area contributed by atoms with Crippen LogP contribution in [0.15, 0.2) is 18.2 Å². The van der Waals surface area contributed by atoms with Crippen LogP contribution < -0.4 is 4.31 Å². The maximum Gasteiger partial charge on any atom is 0.243 e. The topological polar surface area (TPSA) is 57.7 Å². The van der Waals surface area contributed by atoms with E-state index in [9.17, 15) is 13.2 Å². The zero-order valence-corrected chi connectivity index (χ0v) is 15.9. The van der Waals surface area contributed by atoms with Gasteiger partial charge in [-0.2, -0.15) is 0 Å². The number of likely N-dealkylation sites (tertiary alicyclic amines) is 1. The zero-order chi connectivity index (χ0) is 17.9. The van der Waals surface area contributed by atoms with Crippen LogP contribution in [0.2, 0.25) is 0 Å². The van der Waals surface area contributed by atoms with E-state index in [1.165, 1.54) is 4.31 Å². The van der Waals surface area contributed by atoms with Crippen molar-refractivity contribution in [1.82, 2.24) is 4.90 Å². The number of anilines is 1. The number of amides is 1. The highest BCUT2D eigenvalue weighted by molar-refractivity contribution is 7.92. The van der Waals surface area contributed by atoms with Crippen molar-refractivity contribution in [2.75, 3.05) is 23.7 Å². The van der Waals surface area contributed by atoms with E-state index in [1.54, 1.807) is 6.07 Å². The molecule has 1 aromatic rings. The SMILES string of the molecule is CCC1CCCCN1C(=O)CN(c1ccc(C)cc1C)S(C)(=O)=O. The number of aryl methyl sites for hydroxylation is 2. The fraction of sp³-hybridized carbons (Fsp3) is 0.611. The molecule has 0 aliphatic carbocycles. The van der Waals surface area contributed by atoms with Gasteiger partial charge in [0, 0.05) is 12.6 Å². The molecule has 1 atom stereocenters. The van der Waals surface area contributed by atoms with Gasteiger partial charge in [-0.3, -0.25) is 9.10 Å². The van der Waals surface area contributed by atoms with Crippen molar-refractivity contribution in [3.8, 4) is 0 Å². The van der Waals surface area contributed by atoms with Gasteiger partial charge in [-0.1, -0.05) is 24.6 Å². The van der Waals surface area contributed by atoms with Gasteiger partial charge in [-0.05, 0) is 51.2 Å². The lowest BCUT2D eigenvalue weighted by Gasteiger charge is -2.36. The van der Waals surface area contributed by atoms with Crippen LogP contribution in [0.4, 0.5) is 5.69 Å². The number of benzene rings is 1. The van der Waals surface area contributed by atoms with E-state index in [1.807, 2.05) is 30.9 Å². The summed E-state index contributed by atoms with van der Waals surface area (Å²) in [5.74, 6) is -0.105. The molecule has 1 aliphatic rings. The minimum atomic E-state index is -3.53. The maximum absolute atomic E-state index is 12.8. The van der Waals surface area contributed by atoms with Crippen molar-refractivity contribution in [1.29, 1.82) is 0 Å². The van der Waals surface area contributed by atoms with Crippen molar-refractivity contribution < 1.29 is 13.2 Å². The Hall–Kier alpha value is -1.56. The van der Waals surface area contributed by atoms with E-state index in [0.717, 1.165) is 49.6 Å². The molecule has 1 heterocycles. The summed E-state index contributed by atoms with van der Waals surface area (Å²) >= 11 is 0. The highest BCUT2D eigenvalue weighted by Gasteiger charge is 2.29. The molecule has 1 unspecified atom stereocenters. The predicted molar refractivity (Wildman–Crippen MR) is 97.7 cm³/mol. The van der Waals surface area contributed by atoms with E-state index < -0.39 is 10.0 Å². The summed E-state index contributed by atoms with van der Waals surface area (Å²) < 4.78 is 25.8. The van der Waals surface area contributed by atoms with Crippen LogP contribution in [0.3, 0.4) is 0 Å². The molecule has 134 valence electrons. The minimum Gasteiger partial charge on any atom is -0.338 e. The molecule has 1 saturated heterocycles. The Morgan fingerprint density at radius 1 is 1.29 bits per heavy atom. The standard InChI is InChI=1S/C18H28N2O3S/c1-5-16-8-6-7-11-19(16)18(21)13-20(24(4,22)23)17-10-9-14(2)12-15(17)3/h9-10,12,16H,5-8,11,13H2,1-4H3.